The second-order valence-corrected chi connectivity index (χ2v) is 7.05. The smallest absolute Gasteiger partial charge is 0.127 e. The van der Waals surface area contributed by atoms with E-state index in [0.29, 0.717) is 6.61 Å². The molecule has 0 spiro atoms. The molecule has 0 atom stereocenters. The molecular formula is C21H27ClN2O2. The minimum absolute atomic E-state index is 0.249. The summed E-state index contributed by atoms with van der Waals surface area (Å²) in [4.78, 5) is 4.78. The Kier molecular flexibility index (Phi) is 7.32. The Morgan fingerprint density at radius 1 is 0.923 bits per heavy atom. The third kappa shape index (κ3) is 5.45. The van der Waals surface area contributed by atoms with Gasteiger partial charge < -0.3 is 14.7 Å². The van der Waals surface area contributed by atoms with Crippen LogP contribution in [0.2, 0.25) is 5.02 Å². The highest BCUT2D eigenvalue weighted by Crippen LogP contribution is 2.32. The van der Waals surface area contributed by atoms with Gasteiger partial charge in [0, 0.05) is 49.9 Å². The first kappa shape index (κ1) is 19.2. The van der Waals surface area contributed by atoms with Gasteiger partial charge in [-0.3, -0.25) is 4.90 Å². The molecule has 0 aliphatic carbocycles. The molecule has 0 bridgehead atoms. The van der Waals surface area contributed by atoms with Crippen molar-refractivity contribution >= 4 is 11.6 Å². The number of aliphatic hydroxyl groups excluding tert-OH is 1. The van der Waals surface area contributed by atoms with Crippen LogP contribution in [0.25, 0.3) is 11.1 Å². The zero-order chi connectivity index (χ0) is 18.2. The molecule has 140 valence electrons. The van der Waals surface area contributed by atoms with Crippen LogP contribution in [-0.4, -0.2) is 67.4 Å². The van der Waals surface area contributed by atoms with Gasteiger partial charge in [0.2, 0.25) is 0 Å². The highest BCUT2D eigenvalue weighted by atomic mass is 35.5. The number of hydrogen-bond donors (Lipinski definition) is 1. The van der Waals surface area contributed by atoms with E-state index in [4.69, 9.17) is 21.4 Å². The first-order valence-corrected chi connectivity index (χ1v) is 9.67. The molecule has 0 radical (unpaired) electrons. The number of aliphatic hydroxyl groups is 1. The van der Waals surface area contributed by atoms with E-state index in [9.17, 15) is 0 Å². The Bertz CT molecular complexity index is 673. The molecule has 0 unspecified atom stereocenters. The van der Waals surface area contributed by atoms with Crippen LogP contribution >= 0.6 is 11.6 Å². The normalized spacial score (nSPS) is 15.9. The number of nitrogens with zero attached hydrogens (tertiary/aromatic N) is 2. The fraction of sp³-hybridized carbons (Fsp3) is 0.429. The van der Waals surface area contributed by atoms with Gasteiger partial charge >= 0.3 is 0 Å². The first-order valence-electron chi connectivity index (χ1n) is 9.29. The number of β-amino-alcohol motifs (C(OH)–C–C–N with tert-alkyl or cyclic N) is 1. The molecule has 1 heterocycles. The third-order valence-corrected chi connectivity index (χ3v) is 5.02. The summed E-state index contributed by atoms with van der Waals surface area (Å²) in [5.41, 5.74) is 2.15. The molecule has 3 rings (SSSR count). The number of halogens is 1. The van der Waals surface area contributed by atoms with Crippen molar-refractivity contribution in [2.24, 2.45) is 0 Å². The summed E-state index contributed by atoms with van der Waals surface area (Å²) in [6.07, 6.45) is 0.997. The van der Waals surface area contributed by atoms with E-state index in [0.717, 1.165) is 67.6 Å². The van der Waals surface area contributed by atoms with Gasteiger partial charge in [-0.1, -0.05) is 41.9 Å². The fourth-order valence-electron chi connectivity index (χ4n) is 3.32. The number of ether oxygens (including phenoxy) is 1. The van der Waals surface area contributed by atoms with E-state index in [1.807, 2.05) is 36.4 Å². The molecule has 1 saturated heterocycles. The van der Waals surface area contributed by atoms with Crippen molar-refractivity contribution in [1.82, 2.24) is 9.80 Å². The van der Waals surface area contributed by atoms with Gasteiger partial charge in [0.25, 0.3) is 0 Å². The zero-order valence-electron chi connectivity index (χ0n) is 15.1. The minimum atomic E-state index is 0.249. The predicted molar refractivity (Wildman–Crippen MR) is 107 cm³/mol. The zero-order valence-corrected chi connectivity index (χ0v) is 15.9. The summed E-state index contributed by atoms with van der Waals surface area (Å²) in [7, 11) is 0. The maximum absolute atomic E-state index is 9.01. The van der Waals surface area contributed by atoms with E-state index in [1.54, 1.807) is 0 Å². The van der Waals surface area contributed by atoms with E-state index >= 15 is 0 Å². The number of piperazine rings is 1. The Hall–Kier alpha value is -1.59. The summed E-state index contributed by atoms with van der Waals surface area (Å²) in [5, 5.41) is 9.73. The van der Waals surface area contributed by atoms with Crippen LogP contribution in [0.4, 0.5) is 0 Å². The van der Waals surface area contributed by atoms with Crippen molar-refractivity contribution in [3.05, 3.63) is 53.6 Å². The number of benzene rings is 2. The molecule has 0 amide bonds. The minimum Gasteiger partial charge on any atom is -0.493 e. The second-order valence-electron chi connectivity index (χ2n) is 6.62. The lowest BCUT2D eigenvalue weighted by Crippen LogP contribution is -2.47. The molecular weight excluding hydrogens is 348 g/mol. The van der Waals surface area contributed by atoms with Crippen LogP contribution in [0.3, 0.4) is 0 Å². The summed E-state index contributed by atoms with van der Waals surface area (Å²) in [6.45, 7) is 6.98. The Morgan fingerprint density at radius 2 is 1.62 bits per heavy atom. The topological polar surface area (TPSA) is 35.9 Å². The van der Waals surface area contributed by atoms with Crippen molar-refractivity contribution in [2.45, 2.75) is 6.42 Å². The van der Waals surface area contributed by atoms with E-state index in [-0.39, 0.29) is 6.61 Å². The quantitative estimate of drug-likeness (QED) is 0.718. The molecule has 2 aromatic rings. The van der Waals surface area contributed by atoms with Gasteiger partial charge in [-0.2, -0.15) is 0 Å². The van der Waals surface area contributed by atoms with Crippen molar-refractivity contribution < 1.29 is 9.84 Å². The molecule has 1 aliphatic rings. The second kappa shape index (κ2) is 9.93. The van der Waals surface area contributed by atoms with Gasteiger partial charge in [0.05, 0.1) is 13.2 Å². The molecule has 2 aromatic carbocycles. The molecule has 1 aliphatic heterocycles. The van der Waals surface area contributed by atoms with Crippen LogP contribution in [0, 0.1) is 0 Å². The van der Waals surface area contributed by atoms with Crippen molar-refractivity contribution in [2.75, 3.05) is 52.5 Å². The van der Waals surface area contributed by atoms with E-state index < -0.39 is 0 Å². The van der Waals surface area contributed by atoms with Crippen molar-refractivity contribution in [3.63, 3.8) is 0 Å². The standard InChI is InChI=1S/C21H27ClN2O2/c22-19-7-8-21(20(17-19)18-5-2-1-3-6-18)26-16-4-9-23-10-12-24(13-11-23)14-15-25/h1-3,5-8,17,25H,4,9-16H2. The monoisotopic (exact) mass is 374 g/mol. The summed E-state index contributed by atoms with van der Waals surface area (Å²) in [5.74, 6) is 0.883. The van der Waals surface area contributed by atoms with Crippen LogP contribution in [0.5, 0.6) is 5.75 Å². The van der Waals surface area contributed by atoms with Gasteiger partial charge in [-0.25, -0.2) is 0 Å². The van der Waals surface area contributed by atoms with E-state index in [1.165, 1.54) is 0 Å². The summed E-state index contributed by atoms with van der Waals surface area (Å²) in [6, 6.07) is 16.0. The lowest BCUT2D eigenvalue weighted by Gasteiger charge is -2.34. The lowest BCUT2D eigenvalue weighted by molar-refractivity contribution is 0.108. The average molecular weight is 375 g/mol. The molecule has 4 nitrogen and oxygen atoms in total. The van der Waals surface area contributed by atoms with Crippen LogP contribution in [-0.2, 0) is 0 Å². The maximum atomic E-state index is 9.01. The van der Waals surface area contributed by atoms with Crippen molar-refractivity contribution in [1.29, 1.82) is 0 Å². The molecule has 5 heteroatoms. The van der Waals surface area contributed by atoms with Gasteiger partial charge in [0.15, 0.2) is 0 Å². The molecule has 0 saturated carbocycles. The Balaban J connectivity index is 1.48. The summed E-state index contributed by atoms with van der Waals surface area (Å²) < 4.78 is 6.07. The van der Waals surface area contributed by atoms with Crippen molar-refractivity contribution in [3.8, 4) is 16.9 Å². The first-order chi connectivity index (χ1) is 12.8. The molecule has 1 fully saturated rings. The maximum Gasteiger partial charge on any atom is 0.127 e. The van der Waals surface area contributed by atoms with Crippen LogP contribution < -0.4 is 4.74 Å². The summed E-state index contributed by atoms with van der Waals surface area (Å²) >= 11 is 6.18. The van der Waals surface area contributed by atoms with Gasteiger partial charge in [-0.15, -0.1) is 0 Å². The highest BCUT2D eigenvalue weighted by molar-refractivity contribution is 6.31. The Morgan fingerprint density at radius 3 is 2.31 bits per heavy atom. The van der Waals surface area contributed by atoms with Crippen LogP contribution in [0.15, 0.2) is 48.5 Å². The van der Waals surface area contributed by atoms with E-state index in [2.05, 4.69) is 21.9 Å². The highest BCUT2D eigenvalue weighted by Gasteiger charge is 2.15. The fourth-order valence-corrected chi connectivity index (χ4v) is 3.49. The largest absolute Gasteiger partial charge is 0.493 e. The van der Waals surface area contributed by atoms with Crippen LogP contribution in [0.1, 0.15) is 6.42 Å². The lowest BCUT2D eigenvalue weighted by atomic mass is 10.0. The predicted octanol–water partition coefficient (Wildman–Crippen LogP) is 3.39. The third-order valence-electron chi connectivity index (χ3n) is 4.78. The number of hydrogen-bond acceptors (Lipinski definition) is 4. The molecule has 0 aromatic heterocycles. The molecule has 26 heavy (non-hydrogen) atoms. The average Bonchev–Trinajstić information content (AvgIpc) is 2.68. The SMILES string of the molecule is OCCN1CCN(CCCOc2ccc(Cl)cc2-c2ccccc2)CC1. The van der Waals surface area contributed by atoms with Gasteiger partial charge in [0.1, 0.15) is 5.75 Å². The molecule has 1 N–H and O–H groups in total. The van der Waals surface area contributed by atoms with Gasteiger partial charge in [-0.05, 0) is 30.2 Å². The number of rotatable bonds is 8. The Labute approximate surface area is 160 Å².